The zero-order chi connectivity index (χ0) is 23.7. The van der Waals surface area contributed by atoms with Gasteiger partial charge in [0.2, 0.25) is 5.91 Å². The maximum Gasteiger partial charge on any atom is 0.247 e. The summed E-state index contributed by atoms with van der Waals surface area (Å²) >= 11 is 0. The second-order valence-corrected chi connectivity index (χ2v) is 9.15. The van der Waals surface area contributed by atoms with Gasteiger partial charge >= 0.3 is 0 Å². The number of aromatic nitrogens is 2. The minimum atomic E-state index is 0.0301. The summed E-state index contributed by atoms with van der Waals surface area (Å²) in [5, 5.41) is 4.72. The summed E-state index contributed by atoms with van der Waals surface area (Å²) in [7, 11) is 0. The molecular formula is C28H31N3O3. The van der Waals surface area contributed by atoms with Crippen molar-refractivity contribution in [1.29, 1.82) is 0 Å². The topological polar surface area (TPSA) is 56.6 Å². The van der Waals surface area contributed by atoms with E-state index in [9.17, 15) is 4.79 Å². The number of hydrogen-bond donors (Lipinski definition) is 0. The highest BCUT2D eigenvalue weighted by Gasteiger charge is 2.30. The molecule has 0 bridgehead atoms. The predicted molar refractivity (Wildman–Crippen MR) is 132 cm³/mol. The number of amides is 1. The number of likely N-dealkylation sites (tertiary alicyclic amines) is 1. The van der Waals surface area contributed by atoms with E-state index in [0.717, 1.165) is 53.4 Å². The highest BCUT2D eigenvalue weighted by molar-refractivity contribution is 5.92. The number of carbonyl (C=O) groups is 1. The molecular weight excluding hydrogens is 426 g/mol. The molecule has 5 rings (SSSR count). The lowest BCUT2D eigenvalue weighted by Gasteiger charge is -2.26. The van der Waals surface area contributed by atoms with Crippen LogP contribution in [0.5, 0.6) is 11.5 Å². The van der Waals surface area contributed by atoms with Gasteiger partial charge < -0.3 is 14.4 Å². The highest BCUT2D eigenvalue weighted by Crippen LogP contribution is 2.38. The van der Waals surface area contributed by atoms with Crippen LogP contribution in [0.3, 0.4) is 0 Å². The average Bonchev–Trinajstić information content (AvgIpc) is 3.44. The van der Waals surface area contributed by atoms with Crippen LogP contribution in [-0.4, -0.2) is 40.3 Å². The van der Waals surface area contributed by atoms with E-state index in [1.54, 1.807) is 6.08 Å². The summed E-state index contributed by atoms with van der Waals surface area (Å²) in [6.45, 7) is 8.75. The molecule has 1 atom stereocenters. The predicted octanol–water partition coefficient (Wildman–Crippen LogP) is 5.00. The molecule has 3 aromatic rings. The van der Waals surface area contributed by atoms with E-state index >= 15 is 0 Å². The molecule has 1 fully saturated rings. The van der Waals surface area contributed by atoms with E-state index in [0.29, 0.717) is 19.8 Å². The van der Waals surface area contributed by atoms with E-state index in [4.69, 9.17) is 14.6 Å². The van der Waals surface area contributed by atoms with Crippen LogP contribution in [-0.2, 0) is 11.3 Å². The smallest absolute Gasteiger partial charge is 0.247 e. The van der Waals surface area contributed by atoms with Crippen LogP contribution < -0.4 is 9.47 Å². The molecule has 2 aliphatic heterocycles. The van der Waals surface area contributed by atoms with Crippen LogP contribution in [0.4, 0.5) is 0 Å². The molecule has 0 saturated carbocycles. The Kier molecular flexibility index (Phi) is 6.14. The number of rotatable bonds is 5. The van der Waals surface area contributed by atoms with Crippen molar-refractivity contribution in [1.82, 2.24) is 14.7 Å². The first-order chi connectivity index (χ1) is 16.5. The number of aryl methyl sites for hydroxylation is 2. The highest BCUT2D eigenvalue weighted by atomic mass is 16.6. The largest absolute Gasteiger partial charge is 0.486 e. The molecule has 6 nitrogen and oxygen atoms in total. The van der Waals surface area contributed by atoms with Crippen molar-refractivity contribution in [2.45, 2.75) is 46.2 Å². The van der Waals surface area contributed by atoms with E-state index in [1.807, 2.05) is 34.7 Å². The zero-order valence-electron chi connectivity index (χ0n) is 20.1. The Bertz CT molecular complexity index is 1230. The summed E-state index contributed by atoms with van der Waals surface area (Å²) in [5.41, 5.74) is 6.56. The van der Waals surface area contributed by atoms with Crippen molar-refractivity contribution in [3.05, 3.63) is 82.2 Å². The lowest BCUT2D eigenvalue weighted by molar-refractivity contribution is -0.126. The number of nitrogens with zero attached hydrogens (tertiary/aromatic N) is 3. The van der Waals surface area contributed by atoms with Gasteiger partial charge in [0.05, 0.1) is 18.3 Å². The van der Waals surface area contributed by atoms with Crippen LogP contribution in [0, 0.1) is 20.8 Å². The SMILES string of the molecule is Cc1ccc(Cn2nc(C)c(/C=C/C(=O)N3CCCC3c3ccc4c(c3)OCCO4)c2C)cc1. The Hall–Kier alpha value is -3.54. The molecule has 2 aromatic carbocycles. The molecule has 34 heavy (non-hydrogen) atoms. The molecule has 0 spiro atoms. The van der Waals surface area contributed by atoms with E-state index in [2.05, 4.69) is 44.2 Å². The number of benzene rings is 2. The number of ether oxygens (including phenoxy) is 2. The quantitative estimate of drug-likeness (QED) is 0.506. The number of fused-ring (bicyclic) bond motifs is 1. The van der Waals surface area contributed by atoms with Gasteiger partial charge in [0.15, 0.2) is 11.5 Å². The first-order valence-electron chi connectivity index (χ1n) is 12.0. The summed E-state index contributed by atoms with van der Waals surface area (Å²) in [6, 6.07) is 14.6. The van der Waals surface area contributed by atoms with Gasteiger partial charge in [-0.1, -0.05) is 35.9 Å². The Morgan fingerprint density at radius 1 is 1.06 bits per heavy atom. The second kappa shape index (κ2) is 9.37. The van der Waals surface area contributed by atoms with Crippen LogP contribution in [0.15, 0.2) is 48.5 Å². The fraction of sp³-hybridized carbons (Fsp3) is 0.357. The Balaban J connectivity index is 1.32. The van der Waals surface area contributed by atoms with Gasteiger partial charge in [-0.2, -0.15) is 5.10 Å². The van der Waals surface area contributed by atoms with Crippen molar-refractivity contribution in [2.24, 2.45) is 0 Å². The molecule has 0 N–H and O–H groups in total. The Morgan fingerprint density at radius 2 is 1.82 bits per heavy atom. The van der Waals surface area contributed by atoms with E-state index in [-0.39, 0.29) is 11.9 Å². The van der Waals surface area contributed by atoms with Crippen molar-refractivity contribution in [3.63, 3.8) is 0 Å². The summed E-state index contributed by atoms with van der Waals surface area (Å²) in [6.07, 6.45) is 5.56. The van der Waals surface area contributed by atoms with Gasteiger partial charge in [-0.05, 0) is 62.9 Å². The Labute approximate surface area is 200 Å². The molecule has 0 aliphatic carbocycles. The minimum Gasteiger partial charge on any atom is -0.486 e. The second-order valence-electron chi connectivity index (χ2n) is 9.15. The molecule has 6 heteroatoms. The first-order valence-corrected chi connectivity index (χ1v) is 12.0. The summed E-state index contributed by atoms with van der Waals surface area (Å²) in [4.78, 5) is 15.2. The number of hydrogen-bond acceptors (Lipinski definition) is 4. The molecule has 1 unspecified atom stereocenters. The van der Waals surface area contributed by atoms with Gasteiger partial charge in [0.1, 0.15) is 13.2 Å². The first kappa shape index (κ1) is 22.3. The lowest BCUT2D eigenvalue weighted by atomic mass is 10.0. The Morgan fingerprint density at radius 3 is 2.62 bits per heavy atom. The van der Waals surface area contributed by atoms with Gasteiger partial charge in [-0.15, -0.1) is 0 Å². The van der Waals surface area contributed by atoms with Crippen molar-refractivity contribution >= 4 is 12.0 Å². The van der Waals surface area contributed by atoms with E-state index < -0.39 is 0 Å². The molecule has 3 heterocycles. The van der Waals surface area contributed by atoms with Crippen LogP contribution in [0.1, 0.15) is 52.5 Å². The maximum atomic E-state index is 13.2. The van der Waals surface area contributed by atoms with Crippen molar-refractivity contribution in [3.8, 4) is 11.5 Å². The monoisotopic (exact) mass is 457 g/mol. The number of carbonyl (C=O) groups excluding carboxylic acids is 1. The maximum absolute atomic E-state index is 13.2. The molecule has 2 aliphatic rings. The molecule has 0 radical (unpaired) electrons. The van der Waals surface area contributed by atoms with Crippen molar-refractivity contribution < 1.29 is 14.3 Å². The normalized spacial score (nSPS) is 17.5. The summed E-state index contributed by atoms with van der Waals surface area (Å²) in [5.74, 6) is 1.58. The standard InChI is InChI=1S/C28H31N3O3/c1-19-6-8-22(9-7-19)18-31-21(3)24(20(2)29-31)11-13-28(32)30-14-4-5-25(30)23-10-12-26-27(17-23)34-16-15-33-26/h6-13,17,25H,4-5,14-16,18H2,1-3H3/b13-11+. The van der Waals surface area contributed by atoms with Gasteiger partial charge in [0, 0.05) is 23.9 Å². The van der Waals surface area contributed by atoms with Gasteiger partial charge in [-0.25, -0.2) is 0 Å². The third-order valence-electron chi connectivity index (χ3n) is 6.77. The van der Waals surface area contributed by atoms with E-state index in [1.165, 1.54) is 11.1 Å². The van der Waals surface area contributed by atoms with Gasteiger partial charge in [0.25, 0.3) is 0 Å². The lowest BCUT2D eigenvalue weighted by Crippen LogP contribution is -2.29. The molecule has 176 valence electrons. The summed E-state index contributed by atoms with van der Waals surface area (Å²) < 4.78 is 13.4. The van der Waals surface area contributed by atoms with Crippen LogP contribution in [0.2, 0.25) is 0 Å². The fourth-order valence-electron chi connectivity index (χ4n) is 4.87. The minimum absolute atomic E-state index is 0.0301. The average molecular weight is 458 g/mol. The third kappa shape index (κ3) is 4.45. The molecule has 1 amide bonds. The third-order valence-corrected chi connectivity index (χ3v) is 6.77. The van der Waals surface area contributed by atoms with Crippen LogP contribution in [0.25, 0.3) is 6.08 Å². The van der Waals surface area contributed by atoms with Crippen molar-refractivity contribution in [2.75, 3.05) is 19.8 Å². The zero-order valence-corrected chi connectivity index (χ0v) is 20.1. The fourth-order valence-corrected chi connectivity index (χ4v) is 4.87. The molecule has 1 saturated heterocycles. The molecule has 1 aromatic heterocycles. The van der Waals surface area contributed by atoms with Gasteiger partial charge in [-0.3, -0.25) is 9.48 Å². The van der Waals surface area contributed by atoms with Crippen LogP contribution >= 0.6 is 0 Å².